The van der Waals surface area contributed by atoms with Gasteiger partial charge in [0.2, 0.25) is 29.5 Å². The molecular weight excluding hydrogens is 962 g/mol. The standard InChI is InChI=1S/C59H70FN11O5/c1-36(2)70-35-62-49-34-48(65-54(53(49)70)64-47-9-5-4-8-46(47)60)40-12-16-45-50(30-40)71(43-32-42(33-43)67-24-6-3-7-25-67)58(76)59(45)21-28-69(29-22-59)57(75)38-19-26-68(27-20-38)56(74)37-10-13-41(14-11-37)63-51-31-39(18-23-61-51)44-15-17-52(72)66-55(44)73/h4-5,8-9,12,16,18,23,30-31,34-38,41-44H,3,6-7,10-11,13-15,17,19-22,24-29,32-33H2,1-2H3,(H,61,63)(H,64,65)(H,66,72,73)/t37-,41-,42-,43+,44?. The van der Waals surface area contributed by atoms with Gasteiger partial charge < -0.3 is 34.8 Å². The van der Waals surface area contributed by atoms with Crippen LogP contribution in [0.25, 0.3) is 22.3 Å². The molecule has 8 heterocycles. The molecular formula is C59H70FN11O5. The molecule has 16 nitrogen and oxygen atoms in total. The molecule has 76 heavy (non-hydrogen) atoms. The Bertz CT molecular complexity index is 3050. The Kier molecular flexibility index (Phi) is 13.6. The zero-order chi connectivity index (χ0) is 52.2. The van der Waals surface area contributed by atoms with Crippen LogP contribution >= 0.6 is 0 Å². The molecule has 2 saturated carbocycles. The number of para-hydroxylation sites is 1. The maximum Gasteiger partial charge on any atom is 0.238 e. The summed E-state index contributed by atoms with van der Waals surface area (Å²) in [4.78, 5) is 90.8. The number of imide groups is 1. The summed E-state index contributed by atoms with van der Waals surface area (Å²) in [5.74, 6) is 0.183. The number of imidazole rings is 1. The second-order valence-corrected chi connectivity index (χ2v) is 23.0. The van der Waals surface area contributed by atoms with E-state index in [1.54, 1.807) is 30.7 Å². The normalized spacial score (nSPS) is 25.2. The molecule has 2 aromatic carbocycles. The van der Waals surface area contributed by atoms with E-state index in [1.165, 1.54) is 25.3 Å². The summed E-state index contributed by atoms with van der Waals surface area (Å²) in [6, 6.07) is 19.4. The lowest BCUT2D eigenvalue weighted by atomic mass is 9.73. The number of anilines is 4. The van der Waals surface area contributed by atoms with Gasteiger partial charge in [0.05, 0.1) is 34.6 Å². The molecule has 5 amide bonds. The first-order chi connectivity index (χ1) is 36.9. The first kappa shape index (κ1) is 50.1. The summed E-state index contributed by atoms with van der Waals surface area (Å²) in [6.45, 7) is 8.51. The largest absolute Gasteiger partial charge is 0.367 e. The summed E-state index contributed by atoms with van der Waals surface area (Å²) < 4.78 is 17.2. The van der Waals surface area contributed by atoms with Gasteiger partial charge in [-0.2, -0.15) is 0 Å². The van der Waals surface area contributed by atoms with Gasteiger partial charge in [-0.05, 0) is 158 Å². The van der Waals surface area contributed by atoms with Crippen molar-refractivity contribution in [2.75, 3.05) is 54.8 Å². The minimum absolute atomic E-state index is 0.0565. The number of carbonyl (C=O) groups excluding carboxylic acids is 5. The lowest BCUT2D eigenvalue weighted by Gasteiger charge is -2.48. The van der Waals surface area contributed by atoms with Gasteiger partial charge in [0.25, 0.3) is 0 Å². The average molecular weight is 1030 g/mol. The predicted molar refractivity (Wildman–Crippen MR) is 288 cm³/mol. The van der Waals surface area contributed by atoms with Gasteiger partial charge in [-0.15, -0.1) is 0 Å². The topological polar surface area (TPSA) is 178 Å². The van der Waals surface area contributed by atoms with Gasteiger partial charge >= 0.3 is 0 Å². The molecule has 0 bridgehead atoms. The zero-order valence-corrected chi connectivity index (χ0v) is 43.8. The van der Waals surface area contributed by atoms with Crippen LogP contribution in [-0.4, -0.2) is 121 Å². The van der Waals surface area contributed by atoms with Crippen LogP contribution in [0.4, 0.5) is 27.4 Å². The highest BCUT2D eigenvalue weighted by molar-refractivity contribution is 6.09. The van der Waals surface area contributed by atoms with Crippen molar-refractivity contribution < 1.29 is 28.4 Å². The highest BCUT2D eigenvalue weighted by Crippen LogP contribution is 2.52. The minimum Gasteiger partial charge on any atom is -0.367 e. The van der Waals surface area contributed by atoms with Gasteiger partial charge in [-0.3, -0.25) is 29.3 Å². The van der Waals surface area contributed by atoms with Crippen molar-refractivity contribution in [3.63, 3.8) is 0 Å². The van der Waals surface area contributed by atoms with Crippen molar-refractivity contribution in [1.82, 2.24) is 39.5 Å². The predicted octanol–water partition coefficient (Wildman–Crippen LogP) is 8.61. The second-order valence-electron chi connectivity index (χ2n) is 23.0. The first-order valence-corrected chi connectivity index (χ1v) is 28.2. The Labute approximate surface area is 443 Å². The lowest BCUT2D eigenvalue weighted by Crippen LogP contribution is -2.58. The third-order valence-corrected chi connectivity index (χ3v) is 18.2. The summed E-state index contributed by atoms with van der Waals surface area (Å²) in [6.07, 6.45) is 15.4. The zero-order valence-electron chi connectivity index (χ0n) is 43.8. The number of rotatable bonds is 11. The number of piperidine rings is 4. The van der Waals surface area contributed by atoms with Crippen LogP contribution in [0.3, 0.4) is 0 Å². The molecule has 1 spiro atoms. The highest BCUT2D eigenvalue weighted by Gasteiger charge is 2.56. The summed E-state index contributed by atoms with van der Waals surface area (Å²) in [5, 5.41) is 9.26. The van der Waals surface area contributed by atoms with E-state index in [0.717, 1.165) is 85.0 Å². The second kappa shape index (κ2) is 20.7. The summed E-state index contributed by atoms with van der Waals surface area (Å²) >= 11 is 0. The molecule has 1 atom stereocenters. The number of hydrogen-bond donors (Lipinski definition) is 3. The maximum absolute atomic E-state index is 15.3. The highest BCUT2D eigenvalue weighted by atomic mass is 19.1. The van der Waals surface area contributed by atoms with Crippen LogP contribution in [0, 0.1) is 17.7 Å². The van der Waals surface area contributed by atoms with E-state index in [4.69, 9.17) is 9.97 Å². The van der Waals surface area contributed by atoms with E-state index in [1.807, 2.05) is 32.6 Å². The minimum atomic E-state index is -0.744. The molecule has 12 rings (SSSR count). The van der Waals surface area contributed by atoms with Crippen LogP contribution < -0.4 is 20.9 Å². The molecule has 17 heteroatoms. The van der Waals surface area contributed by atoms with E-state index in [-0.39, 0.29) is 71.2 Å². The third-order valence-electron chi connectivity index (χ3n) is 18.2. The van der Waals surface area contributed by atoms with Crippen molar-refractivity contribution in [1.29, 1.82) is 0 Å². The van der Waals surface area contributed by atoms with Crippen LogP contribution in [-0.2, 0) is 29.4 Å². The number of amides is 5. The number of benzene rings is 2. The van der Waals surface area contributed by atoms with Gasteiger partial charge in [0.1, 0.15) is 17.2 Å². The smallest absolute Gasteiger partial charge is 0.238 e. The number of fused-ring (bicyclic) bond motifs is 3. The van der Waals surface area contributed by atoms with Crippen molar-refractivity contribution >= 4 is 63.6 Å². The van der Waals surface area contributed by atoms with E-state index in [2.05, 4.69) is 62.8 Å². The number of hydrogen-bond acceptors (Lipinski definition) is 11. The Morgan fingerprint density at radius 2 is 1.50 bits per heavy atom. The fourth-order valence-electron chi connectivity index (χ4n) is 13.7. The number of nitrogens with zero attached hydrogens (tertiary/aromatic N) is 8. The van der Waals surface area contributed by atoms with Crippen LogP contribution in [0.15, 0.2) is 73.2 Å². The van der Waals surface area contributed by atoms with Crippen LogP contribution in [0.5, 0.6) is 0 Å². The number of pyridine rings is 2. The van der Waals surface area contributed by atoms with E-state index in [9.17, 15) is 19.2 Å². The molecule has 0 radical (unpaired) electrons. The molecule has 6 fully saturated rings. The van der Waals surface area contributed by atoms with Gasteiger partial charge in [-0.1, -0.05) is 30.7 Å². The van der Waals surface area contributed by atoms with Crippen LogP contribution in [0.2, 0.25) is 0 Å². The Morgan fingerprint density at radius 1 is 0.776 bits per heavy atom. The molecule has 2 aliphatic carbocycles. The summed E-state index contributed by atoms with van der Waals surface area (Å²) in [7, 11) is 0. The fraction of sp³-hybridized carbons (Fsp3) is 0.525. The number of carbonyl (C=O) groups is 5. The lowest BCUT2D eigenvalue weighted by molar-refractivity contribution is -0.144. The van der Waals surface area contributed by atoms with E-state index >= 15 is 9.18 Å². The van der Waals surface area contributed by atoms with Crippen molar-refractivity contribution in [2.24, 2.45) is 11.8 Å². The Hall–Kier alpha value is -6.75. The molecule has 1 unspecified atom stereocenters. The Balaban J connectivity index is 0.705. The van der Waals surface area contributed by atoms with Gasteiger partial charge in [-0.25, -0.2) is 19.3 Å². The maximum atomic E-state index is 15.3. The molecule has 3 N–H and O–H groups in total. The number of likely N-dealkylation sites (tertiary alicyclic amines) is 3. The average Bonchev–Trinajstić information content (AvgIpc) is 3.98. The van der Waals surface area contributed by atoms with Crippen molar-refractivity contribution in [3.05, 3.63) is 90.1 Å². The monoisotopic (exact) mass is 1030 g/mol. The number of halogens is 1. The van der Waals surface area contributed by atoms with Gasteiger partial charge in [0, 0.05) is 86.1 Å². The van der Waals surface area contributed by atoms with Crippen LogP contribution in [0.1, 0.15) is 133 Å². The number of aromatic nitrogens is 4. The third kappa shape index (κ3) is 9.39. The summed E-state index contributed by atoms with van der Waals surface area (Å²) in [5.41, 5.74) is 5.42. The van der Waals surface area contributed by atoms with Crippen molar-refractivity contribution in [2.45, 2.75) is 146 Å². The van der Waals surface area contributed by atoms with E-state index in [0.29, 0.717) is 93.8 Å². The SMILES string of the molecule is CC(C)n1cnc2cc(-c3ccc4c(c3)N([C@H]3C[C@@H](N5CCCCC5)C3)C(=O)C43CCN(C(=O)C4CCN(C(=O)[C@H]5CC[C@H](Nc6cc(C7CCC(=O)NC7=O)ccn6)CC5)CC4)CC3)nc(Nc3ccccc3F)c21. The first-order valence-electron chi connectivity index (χ1n) is 28.2. The quantitative estimate of drug-likeness (QED) is 0.108. The molecule has 5 aliphatic heterocycles. The van der Waals surface area contributed by atoms with Gasteiger partial charge in [0.15, 0.2) is 5.82 Å². The molecule has 7 aliphatic rings. The van der Waals surface area contributed by atoms with Crippen molar-refractivity contribution in [3.8, 4) is 11.3 Å². The molecule has 4 saturated heterocycles. The molecule has 5 aromatic rings. The Morgan fingerprint density at radius 3 is 2.22 bits per heavy atom. The molecule has 3 aromatic heterocycles. The fourth-order valence-corrected chi connectivity index (χ4v) is 13.7. The molecule has 398 valence electrons. The van der Waals surface area contributed by atoms with E-state index < -0.39 is 5.41 Å². The number of nitrogens with one attached hydrogen (secondary N) is 3.